The highest BCUT2D eigenvalue weighted by Crippen LogP contribution is 2.17. The molecule has 3 N–H and O–H groups in total. The highest BCUT2D eigenvalue weighted by Gasteiger charge is 2.06. The summed E-state index contributed by atoms with van der Waals surface area (Å²) in [6, 6.07) is 0. The van der Waals surface area contributed by atoms with E-state index in [1.54, 1.807) is 0 Å². The first kappa shape index (κ1) is 13.7. The smallest absolute Gasteiger partial charge is 0.134 e. The van der Waals surface area contributed by atoms with Crippen molar-refractivity contribution in [2.75, 3.05) is 17.6 Å². The number of rotatable bonds is 7. The van der Waals surface area contributed by atoms with Crippen LogP contribution in [-0.2, 0) is 6.42 Å². The molecule has 4 nitrogen and oxygen atoms in total. The van der Waals surface area contributed by atoms with Gasteiger partial charge in [-0.1, -0.05) is 33.6 Å². The van der Waals surface area contributed by atoms with E-state index in [1.165, 1.54) is 25.6 Å². The van der Waals surface area contributed by atoms with Crippen molar-refractivity contribution >= 4 is 11.6 Å². The van der Waals surface area contributed by atoms with Crippen LogP contribution in [0.2, 0.25) is 0 Å². The van der Waals surface area contributed by atoms with E-state index in [0.717, 1.165) is 30.3 Å². The number of nitrogens with two attached hydrogens (primary N) is 1. The van der Waals surface area contributed by atoms with Gasteiger partial charge in [-0.25, -0.2) is 9.97 Å². The molecule has 0 aromatic carbocycles. The minimum Gasteiger partial charge on any atom is -0.383 e. The number of nitrogens with one attached hydrogen (secondary N) is 1. The predicted molar refractivity (Wildman–Crippen MR) is 73.0 cm³/mol. The van der Waals surface area contributed by atoms with E-state index in [1.807, 2.05) is 0 Å². The van der Waals surface area contributed by atoms with Crippen molar-refractivity contribution < 1.29 is 0 Å². The number of aromatic nitrogens is 2. The van der Waals surface area contributed by atoms with Gasteiger partial charge in [0.1, 0.15) is 18.0 Å². The Morgan fingerprint density at radius 3 is 2.71 bits per heavy atom. The summed E-state index contributed by atoms with van der Waals surface area (Å²) in [4.78, 5) is 8.25. The largest absolute Gasteiger partial charge is 0.383 e. The first-order valence-corrected chi connectivity index (χ1v) is 6.48. The fourth-order valence-electron chi connectivity index (χ4n) is 1.81. The lowest BCUT2D eigenvalue weighted by Crippen LogP contribution is -2.09. The Labute approximate surface area is 104 Å². The molecule has 0 amide bonds. The van der Waals surface area contributed by atoms with Crippen molar-refractivity contribution in [2.45, 2.75) is 46.5 Å². The topological polar surface area (TPSA) is 63.8 Å². The lowest BCUT2D eigenvalue weighted by atomic mass is 10.1. The second-order valence-electron chi connectivity index (χ2n) is 4.76. The SMILES string of the molecule is CCc1c(N)ncnc1NCCCCC(C)C. The molecule has 0 spiro atoms. The van der Waals surface area contributed by atoms with Crippen LogP contribution in [0.3, 0.4) is 0 Å². The molecule has 1 rings (SSSR count). The van der Waals surface area contributed by atoms with Gasteiger partial charge in [0.05, 0.1) is 0 Å². The maximum absolute atomic E-state index is 5.81. The van der Waals surface area contributed by atoms with Gasteiger partial charge >= 0.3 is 0 Å². The van der Waals surface area contributed by atoms with Crippen molar-refractivity contribution in [3.05, 3.63) is 11.9 Å². The number of nitrogen functional groups attached to an aromatic ring is 1. The molecule has 0 bridgehead atoms. The van der Waals surface area contributed by atoms with E-state index in [2.05, 4.69) is 36.1 Å². The monoisotopic (exact) mass is 236 g/mol. The normalized spacial score (nSPS) is 10.8. The molecule has 0 fully saturated rings. The minimum absolute atomic E-state index is 0.590. The zero-order chi connectivity index (χ0) is 12.7. The van der Waals surface area contributed by atoms with Crippen molar-refractivity contribution in [1.82, 2.24) is 9.97 Å². The molecular weight excluding hydrogens is 212 g/mol. The van der Waals surface area contributed by atoms with Gasteiger partial charge in [-0.15, -0.1) is 0 Å². The summed E-state index contributed by atoms with van der Waals surface area (Å²) in [7, 11) is 0. The molecule has 1 aromatic rings. The summed E-state index contributed by atoms with van der Waals surface area (Å²) in [5.41, 5.74) is 6.84. The Kier molecular flexibility index (Phi) is 5.73. The summed E-state index contributed by atoms with van der Waals surface area (Å²) in [5, 5.41) is 3.35. The third-order valence-electron chi connectivity index (χ3n) is 2.83. The zero-order valence-electron chi connectivity index (χ0n) is 11.2. The van der Waals surface area contributed by atoms with Gasteiger partial charge in [-0.05, 0) is 18.8 Å². The van der Waals surface area contributed by atoms with Crippen LogP contribution in [-0.4, -0.2) is 16.5 Å². The Balaban J connectivity index is 2.39. The van der Waals surface area contributed by atoms with Gasteiger partial charge in [-0.2, -0.15) is 0 Å². The summed E-state index contributed by atoms with van der Waals surface area (Å²) in [6.07, 6.45) is 6.10. The third kappa shape index (κ3) is 4.59. The Hall–Kier alpha value is -1.32. The number of unbranched alkanes of at least 4 members (excludes halogenated alkanes) is 1. The van der Waals surface area contributed by atoms with Crippen LogP contribution in [0.4, 0.5) is 11.6 Å². The van der Waals surface area contributed by atoms with E-state index >= 15 is 0 Å². The fourth-order valence-corrected chi connectivity index (χ4v) is 1.81. The number of hydrogen-bond acceptors (Lipinski definition) is 4. The second-order valence-corrected chi connectivity index (χ2v) is 4.76. The molecular formula is C13H24N4. The molecule has 0 aliphatic heterocycles. The first-order chi connectivity index (χ1) is 8.15. The Morgan fingerprint density at radius 1 is 1.29 bits per heavy atom. The standard InChI is InChI=1S/C13H24N4/c1-4-11-12(14)16-9-17-13(11)15-8-6-5-7-10(2)3/h9-10H,4-8H2,1-3H3,(H3,14,15,16,17). The highest BCUT2D eigenvalue weighted by molar-refractivity contribution is 5.54. The van der Waals surface area contributed by atoms with Gasteiger partial charge in [0.25, 0.3) is 0 Å². The van der Waals surface area contributed by atoms with E-state index in [4.69, 9.17) is 5.73 Å². The number of nitrogens with zero attached hydrogens (tertiary/aromatic N) is 2. The highest BCUT2D eigenvalue weighted by atomic mass is 15.0. The lowest BCUT2D eigenvalue weighted by molar-refractivity contribution is 0.544. The maximum atomic E-state index is 5.81. The number of hydrogen-bond donors (Lipinski definition) is 2. The third-order valence-corrected chi connectivity index (χ3v) is 2.83. The Morgan fingerprint density at radius 2 is 2.06 bits per heavy atom. The van der Waals surface area contributed by atoms with Crippen molar-refractivity contribution in [3.63, 3.8) is 0 Å². The molecule has 0 atom stereocenters. The van der Waals surface area contributed by atoms with Crippen LogP contribution in [0.5, 0.6) is 0 Å². The maximum Gasteiger partial charge on any atom is 0.134 e. The van der Waals surface area contributed by atoms with Gasteiger partial charge in [-0.3, -0.25) is 0 Å². The average molecular weight is 236 g/mol. The van der Waals surface area contributed by atoms with Crippen molar-refractivity contribution in [3.8, 4) is 0 Å². The number of anilines is 2. The molecule has 0 aliphatic carbocycles. The molecule has 0 saturated heterocycles. The molecule has 4 heteroatoms. The molecule has 0 aliphatic rings. The minimum atomic E-state index is 0.590. The summed E-state index contributed by atoms with van der Waals surface area (Å²) >= 11 is 0. The van der Waals surface area contributed by atoms with Gasteiger partial charge < -0.3 is 11.1 Å². The van der Waals surface area contributed by atoms with Crippen LogP contribution in [0, 0.1) is 5.92 Å². The molecule has 0 unspecified atom stereocenters. The molecule has 96 valence electrons. The first-order valence-electron chi connectivity index (χ1n) is 6.48. The van der Waals surface area contributed by atoms with Crippen molar-refractivity contribution in [1.29, 1.82) is 0 Å². The van der Waals surface area contributed by atoms with E-state index in [-0.39, 0.29) is 0 Å². The Bertz CT molecular complexity index is 336. The fraction of sp³-hybridized carbons (Fsp3) is 0.692. The molecule has 1 heterocycles. The van der Waals surface area contributed by atoms with Gasteiger partial charge in [0.15, 0.2) is 0 Å². The van der Waals surface area contributed by atoms with Crippen molar-refractivity contribution in [2.24, 2.45) is 5.92 Å². The predicted octanol–water partition coefficient (Wildman–Crippen LogP) is 2.86. The van der Waals surface area contributed by atoms with Crippen LogP contribution in [0.1, 0.15) is 45.6 Å². The second kappa shape index (κ2) is 7.09. The van der Waals surface area contributed by atoms with E-state index in [9.17, 15) is 0 Å². The van der Waals surface area contributed by atoms with E-state index in [0.29, 0.717) is 5.82 Å². The van der Waals surface area contributed by atoms with Gasteiger partial charge in [0.2, 0.25) is 0 Å². The average Bonchev–Trinajstić information content (AvgIpc) is 2.28. The lowest BCUT2D eigenvalue weighted by Gasteiger charge is -2.11. The molecule has 0 saturated carbocycles. The molecule has 0 radical (unpaired) electrons. The summed E-state index contributed by atoms with van der Waals surface area (Å²) in [6.45, 7) is 7.54. The van der Waals surface area contributed by atoms with Gasteiger partial charge in [0, 0.05) is 12.1 Å². The van der Waals surface area contributed by atoms with Crippen LogP contribution in [0.25, 0.3) is 0 Å². The quantitative estimate of drug-likeness (QED) is 0.714. The van der Waals surface area contributed by atoms with E-state index < -0.39 is 0 Å². The molecule has 17 heavy (non-hydrogen) atoms. The summed E-state index contributed by atoms with van der Waals surface area (Å²) in [5.74, 6) is 2.27. The van der Waals surface area contributed by atoms with Crippen LogP contribution >= 0.6 is 0 Å². The summed E-state index contributed by atoms with van der Waals surface area (Å²) < 4.78 is 0. The molecule has 1 aromatic heterocycles. The van der Waals surface area contributed by atoms with Crippen LogP contribution < -0.4 is 11.1 Å². The zero-order valence-corrected chi connectivity index (χ0v) is 11.2. The van der Waals surface area contributed by atoms with Crippen LogP contribution in [0.15, 0.2) is 6.33 Å².